The number of rotatable bonds is 10. The molecule has 0 radical (unpaired) electrons. The lowest BCUT2D eigenvalue weighted by Gasteiger charge is -2.19. The van der Waals surface area contributed by atoms with Gasteiger partial charge < -0.3 is 24.6 Å². The number of anilines is 1. The van der Waals surface area contributed by atoms with Crippen molar-refractivity contribution in [2.75, 3.05) is 25.1 Å². The van der Waals surface area contributed by atoms with Gasteiger partial charge in [0.25, 0.3) is 5.91 Å². The number of aliphatic hydroxyl groups is 1. The fourth-order valence-corrected chi connectivity index (χ4v) is 3.58. The molecule has 0 aliphatic carbocycles. The Labute approximate surface area is 199 Å². The molecule has 3 aromatic rings. The molecule has 33 heavy (non-hydrogen) atoms. The smallest absolute Gasteiger partial charge is 0.255 e. The fraction of sp³-hybridized carbons (Fsp3) is 0.269. The third-order valence-corrected chi connectivity index (χ3v) is 5.08. The van der Waals surface area contributed by atoms with Crippen molar-refractivity contribution in [3.8, 4) is 17.2 Å². The van der Waals surface area contributed by atoms with Gasteiger partial charge in [0.15, 0.2) is 11.5 Å². The summed E-state index contributed by atoms with van der Waals surface area (Å²) in [7, 11) is 0. The first kappa shape index (κ1) is 24.4. The Morgan fingerprint density at radius 2 is 1.52 bits per heavy atom. The van der Waals surface area contributed by atoms with Crippen LogP contribution in [0.3, 0.4) is 0 Å². The maximum atomic E-state index is 13.2. The second kappa shape index (κ2) is 11.6. The Kier molecular flexibility index (Phi) is 8.58. The molecule has 3 rings (SSSR count). The molecule has 0 heterocycles. The Morgan fingerprint density at radius 3 is 2.09 bits per heavy atom. The van der Waals surface area contributed by atoms with Gasteiger partial charge in [-0.1, -0.05) is 41.9 Å². The molecule has 0 saturated carbocycles. The van der Waals surface area contributed by atoms with Crippen LogP contribution in [0.5, 0.6) is 17.2 Å². The van der Waals surface area contributed by atoms with Crippen molar-refractivity contribution >= 4 is 23.2 Å². The highest BCUT2D eigenvalue weighted by molar-refractivity contribution is 6.30. The van der Waals surface area contributed by atoms with Crippen molar-refractivity contribution in [2.45, 2.75) is 26.9 Å². The zero-order valence-electron chi connectivity index (χ0n) is 18.9. The molecule has 0 unspecified atom stereocenters. The van der Waals surface area contributed by atoms with Gasteiger partial charge in [-0.2, -0.15) is 0 Å². The molecule has 174 valence electrons. The predicted molar refractivity (Wildman–Crippen MR) is 130 cm³/mol. The number of carbonyl (C=O) groups excluding carboxylic acids is 1. The van der Waals surface area contributed by atoms with Gasteiger partial charge in [0.2, 0.25) is 5.75 Å². The Bertz CT molecular complexity index is 1060. The molecular formula is C26H28ClNO5. The number of aliphatic hydroxyl groups excluding tert-OH is 1. The van der Waals surface area contributed by atoms with Crippen molar-refractivity contribution < 1.29 is 24.1 Å². The van der Waals surface area contributed by atoms with Crippen LogP contribution in [0, 0.1) is 0 Å². The minimum atomic E-state index is -0.960. The van der Waals surface area contributed by atoms with E-state index in [0.717, 1.165) is 0 Å². The van der Waals surface area contributed by atoms with Gasteiger partial charge >= 0.3 is 0 Å². The first-order valence-corrected chi connectivity index (χ1v) is 11.3. The highest BCUT2D eigenvalue weighted by Gasteiger charge is 2.21. The number of nitrogens with one attached hydrogen (secondary N) is 1. The third kappa shape index (κ3) is 5.97. The predicted octanol–water partition coefficient (Wildman–Crippen LogP) is 5.87. The van der Waals surface area contributed by atoms with Gasteiger partial charge in [-0.15, -0.1) is 0 Å². The molecule has 0 spiro atoms. The Morgan fingerprint density at radius 1 is 0.909 bits per heavy atom. The number of hydrogen-bond donors (Lipinski definition) is 2. The lowest BCUT2D eigenvalue weighted by Crippen LogP contribution is -2.15. The molecule has 0 aromatic heterocycles. The van der Waals surface area contributed by atoms with Crippen molar-refractivity contribution in [1.82, 2.24) is 0 Å². The molecule has 1 amide bonds. The van der Waals surface area contributed by atoms with Crippen LogP contribution in [0.1, 0.15) is 48.4 Å². The monoisotopic (exact) mass is 469 g/mol. The van der Waals surface area contributed by atoms with E-state index in [1.807, 2.05) is 51.1 Å². The van der Waals surface area contributed by atoms with E-state index in [4.69, 9.17) is 25.8 Å². The van der Waals surface area contributed by atoms with Crippen molar-refractivity contribution in [3.05, 3.63) is 82.4 Å². The van der Waals surface area contributed by atoms with E-state index >= 15 is 0 Å². The van der Waals surface area contributed by atoms with Gasteiger partial charge in [-0.25, -0.2) is 0 Å². The van der Waals surface area contributed by atoms with Gasteiger partial charge in [-0.3, -0.25) is 4.79 Å². The summed E-state index contributed by atoms with van der Waals surface area (Å²) >= 11 is 6.19. The first-order valence-electron chi connectivity index (χ1n) is 10.9. The lowest BCUT2D eigenvalue weighted by molar-refractivity contribution is 0.102. The molecule has 2 N–H and O–H groups in total. The number of benzene rings is 3. The summed E-state index contributed by atoms with van der Waals surface area (Å²) in [4.78, 5) is 13.2. The van der Waals surface area contributed by atoms with Crippen molar-refractivity contribution in [1.29, 1.82) is 0 Å². The van der Waals surface area contributed by atoms with E-state index in [2.05, 4.69) is 5.32 Å². The topological polar surface area (TPSA) is 77.0 Å². The SMILES string of the molecule is CCOc1cc(C(=O)Nc2ccc(Cl)cc2[C@@H](O)c2ccccc2)cc(OCC)c1OCC. The van der Waals surface area contributed by atoms with E-state index in [1.165, 1.54) is 0 Å². The van der Waals surface area contributed by atoms with Crippen molar-refractivity contribution in [3.63, 3.8) is 0 Å². The van der Waals surface area contributed by atoms with E-state index in [-0.39, 0.29) is 5.91 Å². The van der Waals surface area contributed by atoms with E-state index in [9.17, 15) is 9.90 Å². The molecule has 3 aromatic carbocycles. The van der Waals surface area contributed by atoms with Crippen LogP contribution < -0.4 is 19.5 Å². The molecule has 0 fully saturated rings. The van der Waals surface area contributed by atoms with Gasteiger partial charge in [-0.05, 0) is 56.7 Å². The van der Waals surface area contributed by atoms with Gasteiger partial charge in [0.05, 0.1) is 19.8 Å². The minimum Gasteiger partial charge on any atom is -0.490 e. The Balaban J connectivity index is 1.97. The van der Waals surface area contributed by atoms with Crippen LogP contribution in [-0.4, -0.2) is 30.8 Å². The van der Waals surface area contributed by atoms with Crippen LogP contribution in [-0.2, 0) is 0 Å². The summed E-state index contributed by atoms with van der Waals surface area (Å²) in [5, 5.41) is 14.3. The summed E-state index contributed by atoms with van der Waals surface area (Å²) < 4.78 is 17.1. The minimum absolute atomic E-state index is 0.334. The molecule has 0 bridgehead atoms. The standard InChI is InChI=1S/C26H28ClNO5/c1-4-31-22-14-18(15-23(32-5-2)25(22)33-6-3)26(30)28-21-13-12-19(27)16-20(21)24(29)17-10-8-7-9-11-17/h7-16,24,29H,4-6H2,1-3H3,(H,28,30)/t24-/m0/s1. The van der Waals surface area contributed by atoms with E-state index in [0.29, 0.717) is 64.5 Å². The molecular weight excluding hydrogens is 442 g/mol. The maximum absolute atomic E-state index is 13.2. The number of halogens is 1. The summed E-state index contributed by atoms with van der Waals surface area (Å²) in [6.45, 7) is 6.81. The van der Waals surface area contributed by atoms with E-state index in [1.54, 1.807) is 30.3 Å². The molecule has 6 nitrogen and oxygen atoms in total. The largest absolute Gasteiger partial charge is 0.490 e. The highest BCUT2D eigenvalue weighted by Crippen LogP contribution is 2.39. The van der Waals surface area contributed by atoms with Crippen LogP contribution in [0.4, 0.5) is 5.69 Å². The summed E-state index contributed by atoms with van der Waals surface area (Å²) in [6.07, 6.45) is -0.960. The normalized spacial score (nSPS) is 11.5. The number of carbonyl (C=O) groups is 1. The summed E-state index contributed by atoms with van der Waals surface area (Å²) in [6, 6.07) is 17.4. The second-order valence-corrected chi connectivity index (χ2v) is 7.54. The van der Waals surface area contributed by atoms with Crippen LogP contribution in [0.15, 0.2) is 60.7 Å². The molecule has 0 aliphatic heterocycles. The van der Waals surface area contributed by atoms with Crippen LogP contribution in [0.2, 0.25) is 5.02 Å². The zero-order valence-corrected chi connectivity index (χ0v) is 19.7. The number of hydrogen-bond acceptors (Lipinski definition) is 5. The Hall–Kier alpha value is -3.22. The molecule has 1 atom stereocenters. The zero-order chi connectivity index (χ0) is 23.8. The third-order valence-electron chi connectivity index (χ3n) is 4.84. The molecule has 0 saturated heterocycles. The average molecular weight is 470 g/mol. The van der Waals surface area contributed by atoms with Crippen LogP contribution in [0.25, 0.3) is 0 Å². The van der Waals surface area contributed by atoms with Crippen molar-refractivity contribution in [2.24, 2.45) is 0 Å². The second-order valence-electron chi connectivity index (χ2n) is 7.10. The average Bonchev–Trinajstić information content (AvgIpc) is 2.82. The lowest BCUT2D eigenvalue weighted by atomic mass is 9.99. The van der Waals surface area contributed by atoms with Gasteiger partial charge in [0, 0.05) is 21.8 Å². The highest BCUT2D eigenvalue weighted by atomic mass is 35.5. The van der Waals surface area contributed by atoms with Gasteiger partial charge in [0.1, 0.15) is 6.10 Å². The summed E-state index contributed by atoms with van der Waals surface area (Å²) in [5.74, 6) is 0.931. The molecule has 0 aliphatic rings. The maximum Gasteiger partial charge on any atom is 0.255 e. The van der Waals surface area contributed by atoms with Crippen LogP contribution >= 0.6 is 11.6 Å². The summed E-state index contributed by atoms with van der Waals surface area (Å²) in [5.41, 5.74) is 1.96. The number of amides is 1. The van der Waals surface area contributed by atoms with E-state index < -0.39 is 6.10 Å². The number of ether oxygens (including phenoxy) is 3. The molecule has 7 heteroatoms. The first-order chi connectivity index (χ1) is 16.0. The quantitative estimate of drug-likeness (QED) is 0.388. The fourth-order valence-electron chi connectivity index (χ4n) is 3.40.